The van der Waals surface area contributed by atoms with E-state index in [1.54, 1.807) is 25.6 Å². The van der Waals surface area contributed by atoms with Crippen LogP contribution in [0.3, 0.4) is 0 Å². The third-order valence-corrected chi connectivity index (χ3v) is 5.66. The number of aryl methyl sites for hydroxylation is 2. The van der Waals surface area contributed by atoms with Crippen LogP contribution in [0.5, 0.6) is 0 Å². The second kappa shape index (κ2) is 6.72. The molecule has 6 heteroatoms. The first kappa shape index (κ1) is 16.5. The average molecular weight is 305 g/mol. The minimum Gasteiger partial charge on any atom is -0.208 e. The van der Waals surface area contributed by atoms with Crippen LogP contribution in [0.25, 0.3) is 0 Å². The number of hydrogen-bond acceptors (Lipinski definition) is 3. The molecular weight excluding hydrogens is 285 g/mol. The lowest BCUT2D eigenvalue weighted by atomic mass is 10.1. The van der Waals surface area contributed by atoms with Gasteiger partial charge in [0.05, 0.1) is 4.90 Å². The molecule has 1 aromatic rings. The first-order valence-electron chi connectivity index (χ1n) is 6.14. The third kappa shape index (κ3) is 4.47. The third-order valence-electron chi connectivity index (χ3n) is 2.62. The zero-order chi connectivity index (χ0) is 14.6. The Balaban J connectivity index is 3.01. The highest BCUT2D eigenvalue weighted by Gasteiger charge is 2.22. The second-order valence-electron chi connectivity index (χ2n) is 4.55. The molecule has 0 aromatic heterocycles. The van der Waals surface area contributed by atoms with Crippen molar-refractivity contribution in [2.24, 2.45) is 0 Å². The van der Waals surface area contributed by atoms with Crippen LogP contribution in [-0.2, 0) is 10.0 Å². The quantitative estimate of drug-likeness (QED) is 0.879. The van der Waals surface area contributed by atoms with E-state index < -0.39 is 15.8 Å². The fourth-order valence-electron chi connectivity index (χ4n) is 1.97. The van der Waals surface area contributed by atoms with E-state index in [2.05, 4.69) is 4.72 Å². The van der Waals surface area contributed by atoms with E-state index >= 15 is 0 Å². The highest BCUT2D eigenvalue weighted by Crippen LogP contribution is 2.21. The van der Waals surface area contributed by atoms with Gasteiger partial charge in [0, 0.05) is 11.8 Å². The summed E-state index contributed by atoms with van der Waals surface area (Å²) in [6, 6.07) is 2.33. The number of halogens is 1. The molecule has 1 N–H and O–H groups in total. The van der Waals surface area contributed by atoms with E-state index in [9.17, 15) is 12.8 Å². The molecule has 0 spiro atoms. The van der Waals surface area contributed by atoms with Gasteiger partial charge in [-0.1, -0.05) is 6.92 Å². The molecule has 1 aromatic carbocycles. The molecule has 1 unspecified atom stereocenters. The van der Waals surface area contributed by atoms with Gasteiger partial charge in [-0.2, -0.15) is 11.8 Å². The van der Waals surface area contributed by atoms with Gasteiger partial charge in [-0.25, -0.2) is 17.5 Å². The Hall–Kier alpha value is -0.590. The molecular formula is C13H20FNO2S2. The first-order chi connectivity index (χ1) is 8.77. The van der Waals surface area contributed by atoms with E-state index in [-0.39, 0.29) is 10.9 Å². The fourth-order valence-corrected chi connectivity index (χ4v) is 4.45. The number of hydrogen-bond donors (Lipinski definition) is 1. The van der Waals surface area contributed by atoms with Gasteiger partial charge in [0.15, 0.2) is 0 Å². The zero-order valence-corrected chi connectivity index (χ0v) is 13.3. The van der Waals surface area contributed by atoms with Gasteiger partial charge in [-0.05, 0) is 49.8 Å². The van der Waals surface area contributed by atoms with Crippen molar-refractivity contribution in [2.75, 3.05) is 11.5 Å². The maximum atomic E-state index is 13.2. The van der Waals surface area contributed by atoms with Crippen LogP contribution in [0.2, 0.25) is 0 Å². The average Bonchev–Trinajstić information content (AvgIpc) is 2.23. The van der Waals surface area contributed by atoms with Crippen LogP contribution in [0.1, 0.15) is 25.0 Å². The van der Waals surface area contributed by atoms with Gasteiger partial charge in [-0.15, -0.1) is 0 Å². The lowest BCUT2D eigenvalue weighted by Gasteiger charge is -2.16. The molecule has 0 fully saturated rings. The van der Waals surface area contributed by atoms with Crippen LogP contribution < -0.4 is 4.72 Å². The minimum absolute atomic E-state index is 0.154. The lowest BCUT2D eigenvalue weighted by Crippen LogP contribution is -2.35. The predicted molar refractivity (Wildman–Crippen MR) is 78.7 cm³/mol. The van der Waals surface area contributed by atoms with Gasteiger partial charge in [0.2, 0.25) is 10.0 Å². The summed E-state index contributed by atoms with van der Waals surface area (Å²) in [6.07, 6.45) is 0. The SMILES string of the molecule is CCSCC(C)NS(=O)(=O)c1c(C)cc(F)cc1C. The van der Waals surface area contributed by atoms with Crippen LogP contribution in [0.4, 0.5) is 4.39 Å². The van der Waals surface area contributed by atoms with Crippen molar-refractivity contribution in [1.29, 1.82) is 0 Å². The topological polar surface area (TPSA) is 46.2 Å². The highest BCUT2D eigenvalue weighted by molar-refractivity contribution is 7.99. The Bertz CT molecular complexity index is 521. The molecule has 1 atom stereocenters. The summed E-state index contributed by atoms with van der Waals surface area (Å²) in [4.78, 5) is 0.183. The monoisotopic (exact) mass is 305 g/mol. The molecule has 108 valence electrons. The van der Waals surface area contributed by atoms with Crippen LogP contribution in [-0.4, -0.2) is 26.0 Å². The Morgan fingerprint density at radius 3 is 2.32 bits per heavy atom. The van der Waals surface area contributed by atoms with E-state index in [1.165, 1.54) is 12.1 Å². The van der Waals surface area contributed by atoms with E-state index in [0.29, 0.717) is 11.1 Å². The second-order valence-corrected chi connectivity index (χ2v) is 7.52. The summed E-state index contributed by atoms with van der Waals surface area (Å²) in [7, 11) is -3.60. The van der Waals surface area contributed by atoms with Crippen LogP contribution in [0.15, 0.2) is 17.0 Å². The number of sulfonamides is 1. The summed E-state index contributed by atoms with van der Waals surface area (Å²) >= 11 is 1.68. The van der Waals surface area contributed by atoms with E-state index in [0.717, 1.165) is 11.5 Å². The number of thioether (sulfide) groups is 1. The van der Waals surface area contributed by atoms with E-state index in [1.807, 2.05) is 13.8 Å². The molecule has 0 heterocycles. The molecule has 0 aliphatic heterocycles. The van der Waals surface area contributed by atoms with Gasteiger partial charge in [-0.3, -0.25) is 0 Å². The molecule has 0 bridgehead atoms. The highest BCUT2D eigenvalue weighted by atomic mass is 32.2. The van der Waals surface area contributed by atoms with Crippen LogP contribution in [0, 0.1) is 19.7 Å². The maximum absolute atomic E-state index is 13.2. The molecule has 19 heavy (non-hydrogen) atoms. The summed E-state index contributed by atoms with van der Waals surface area (Å²) < 4.78 is 40.5. The standard InChI is InChI=1S/C13H20FNO2S2/c1-5-18-8-11(4)15-19(16,17)13-9(2)6-12(14)7-10(13)3/h6-7,11,15H,5,8H2,1-4H3. The maximum Gasteiger partial charge on any atom is 0.241 e. The molecule has 0 aliphatic rings. The summed E-state index contributed by atoms with van der Waals surface area (Å²) in [5, 5.41) is 0. The van der Waals surface area contributed by atoms with Crippen molar-refractivity contribution in [2.45, 2.75) is 38.6 Å². The molecule has 0 radical (unpaired) electrons. The fraction of sp³-hybridized carbons (Fsp3) is 0.538. The van der Waals surface area contributed by atoms with Crippen molar-refractivity contribution in [3.05, 3.63) is 29.1 Å². The van der Waals surface area contributed by atoms with Gasteiger partial charge in [0.25, 0.3) is 0 Å². The van der Waals surface area contributed by atoms with Crippen molar-refractivity contribution >= 4 is 21.8 Å². The van der Waals surface area contributed by atoms with Crippen molar-refractivity contribution in [3.63, 3.8) is 0 Å². The summed E-state index contributed by atoms with van der Waals surface area (Å²) in [6.45, 7) is 7.07. The number of rotatable bonds is 6. The predicted octanol–water partition coefficient (Wildman–Crippen LogP) is 2.86. The van der Waals surface area contributed by atoms with E-state index in [4.69, 9.17) is 0 Å². The lowest BCUT2D eigenvalue weighted by molar-refractivity contribution is 0.568. The van der Waals surface area contributed by atoms with Crippen LogP contribution >= 0.6 is 11.8 Å². The van der Waals surface area contributed by atoms with Gasteiger partial charge < -0.3 is 0 Å². The Kier molecular flexibility index (Phi) is 5.82. The minimum atomic E-state index is -3.60. The number of benzene rings is 1. The summed E-state index contributed by atoms with van der Waals surface area (Å²) in [5.41, 5.74) is 0.862. The zero-order valence-electron chi connectivity index (χ0n) is 11.7. The van der Waals surface area contributed by atoms with Crippen molar-refractivity contribution < 1.29 is 12.8 Å². The summed E-state index contributed by atoms with van der Waals surface area (Å²) in [5.74, 6) is 1.25. The molecule has 0 saturated carbocycles. The normalized spacial score (nSPS) is 13.5. The smallest absolute Gasteiger partial charge is 0.208 e. The van der Waals surface area contributed by atoms with Crippen molar-refractivity contribution in [1.82, 2.24) is 4.72 Å². The first-order valence-corrected chi connectivity index (χ1v) is 8.78. The Morgan fingerprint density at radius 2 is 1.84 bits per heavy atom. The largest absolute Gasteiger partial charge is 0.241 e. The molecule has 1 rings (SSSR count). The Morgan fingerprint density at radius 1 is 1.32 bits per heavy atom. The van der Waals surface area contributed by atoms with Gasteiger partial charge >= 0.3 is 0 Å². The van der Waals surface area contributed by atoms with Crippen molar-refractivity contribution in [3.8, 4) is 0 Å². The molecule has 0 amide bonds. The molecule has 3 nitrogen and oxygen atoms in total. The van der Waals surface area contributed by atoms with Gasteiger partial charge in [0.1, 0.15) is 5.82 Å². The molecule has 0 aliphatic carbocycles. The molecule has 0 saturated heterocycles. The number of nitrogens with one attached hydrogen (secondary N) is 1. The Labute approximate surface area is 119 Å².